The zero-order valence-corrected chi connectivity index (χ0v) is 19.2. The number of ether oxygens (including phenoxy) is 1. The molecule has 168 valence electrons. The molecular weight excluding hydrogens is 410 g/mol. The van der Waals surface area contributed by atoms with Crippen LogP contribution in [-0.4, -0.2) is 35.7 Å². The summed E-state index contributed by atoms with van der Waals surface area (Å²) in [6.07, 6.45) is 0. The second-order valence-electron chi connectivity index (χ2n) is 8.34. The Morgan fingerprint density at radius 3 is 2.34 bits per heavy atom. The van der Waals surface area contributed by atoms with Gasteiger partial charge < -0.3 is 4.74 Å². The molecule has 4 aromatic rings. The molecule has 0 aliphatic rings. The molecule has 4 rings (SSSR count). The largest absolute Gasteiger partial charge is 0.462 e. The maximum absolute atomic E-state index is 13.3. The van der Waals surface area contributed by atoms with Gasteiger partial charge in [0.1, 0.15) is 0 Å². The quantitative estimate of drug-likeness (QED) is 0.448. The van der Waals surface area contributed by atoms with Crippen molar-refractivity contribution >= 4 is 22.9 Å². The topological polar surface area (TPSA) is 92.5 Å². The number of fused-ring (bicyclic) bond motifs is 3. The molecule has 9 heteroatoms. The van der Waals surface area contributed by atoms with Crippen LogP contribution in [0.3, 0.4) is 0 Å². The van der Waals surface area contributed by atoms with E-state index in [9.17, 15) is 14.4 Å². The lowest BCUT2D eigenvalue weighted by atomic mass is 10.2. The molecule has 0 atom stereocenters. The predicted octanol–water partition coefficient (Wildman–Crippen LogP) is 2.59. The molecule has 9 nitrogen and oxygen atoms in total. The van der Waals surface area contributed by atoms with Crippen LogP contribution in [0.25, 0.3) is 22.6 Å². The monoisotopic (exact) mass is 437 g/mol. The van der Waals surface area contributed by atoms with Gasteiger partial charge in [-0.05, 0) is 51.0 Å². The van der Waals surface area contributed by atoms with Gasteiger partial charge in [-0.1, -0.05) is 13.8 Å². The Balaban J connectivity index is 2.00. The van der Waals surface area contributed by atoms with Crippen molar-refractivity contribution < 1.29 is 9.53 Å². The molecule has 32 heavy (non-hydrogen) atoms. The van der Waals surface area contributed by atoms with Crippen LogP contribution in [0.5, 0.6) is 0 Å². The van der Waals surface area contributed by atoms with E-state index in [1.165, 1.54) is 9.13 Å². The number of aromatic nitrogens is 5. The first-order valence-electron chi connectivity index (χ1n) is 10.6. The highest BCUT2D eigenvalue weighted by molar-refractivity contribution is 5.89. The molecular formula is C23H27N5O4. The molecule has 0 spiro atoms. The summed E-state index contributed by atoms with van der Waals surface area (Å²) in [5.41, 5.74) is 3.00. The molecule has 0 saturated heterocycles. The highest BCUT2D eigenvalue weighted by Gasteiger charge is 2.23. The summed E-state index contributed by atoms with van der Waals surface area (Å²) in [4.78, 5) is 42.8. The van der Waals surface area contributed by atoms with Crippen LogP contribution in [0.4, 0.5) is 0 Å². The average Bonchev–Trinajstić information content (AvgIpc) is 3.25. The summed E-state index contributed by atoms with van der Waals surface area (Å²) >= 11 is 0. The summed E-state index contributed by atoms with van der Waals surface area (Å²) in [6.45, 7) is 10.2. The third-order valence-electron chi connectivity index (χ3n) is 5.70. The maximum atomic E-state index is 13.3. The highest BCUT2D eigenvalue weighted by Crippen LogP contribution is 2.25. The van der Waals surface area contributed by atoms with Crippen LogP contribution < -0.4 is 11.2 Å². The maximum Gasteiger partial charge on any atom is 0.338 e. The van der Waals surface area contributed by atoms with E-state index in [-0.39, 0.29) is 23.1 Å². The number of rotatable bonds is 5. The highest BCUT2D eigenvalue weighted by atomic mass is 16.5. The standard InChI is InChI=1S/C23H27N5O4/c1-7-32-21(30)16-8-10-17(11-9-16)27-14(4)15(5)28-18-19(24-22(27)28)25(6)23(31)26(20(18)29)12-13(2)3/h8-11,13H,7,12H2,1-6H3. The van der Waals surface area contributed by atoms with E-state index in [0.717, 1.165) is 17.1 Å². The first-order valence-corrected chi connectivity index (χ1v) is 10.6. The number of benzene rings is 1. The minimum atomic E-state index is -0.378. The van der Waals surface area contributed by atoms with E-state index in [1.807, 2.05) is 48.8 Å². The number of hydrogen-bond acceptors (Lipinski definition) is 5. The molecule has 0 bridgehead atoms. The van der Waals surface area contributed by atoms with Crippen molar-refractivity contribution in [3.63, 3.8) is 0 Å². The SMILES string of the molecule is CCOC(=O)c1ccc(-n2c(C)c(C)n3c4c(=O)n(CC(C)C)c(=O)n(C)c4nc23)cc1. The molecule has 3 heterocycles. The van der Waals surface area contributed by atoms with Gasteiger partial charge in [-0.3, -0.25) is 22.9 Å². The van der Waals surface area contributed by atoms with Crippen molar-refractivity contribution in [1.29, 1.82) is 0 Å². The van der Waals surface area contributed by atoms with E-state index in [0.29, 0.717) is 35.7 Å². The summed E-state index contributed by atoms with van der Waals surface area (Å²) in [7, 11) is 1.63. The summed E-state index contributed by atoms with van der Waals surface area (Å²) in [5, 5.41) is 0. The molecule has 0 radical (unpaired) electrons. The van der Waals surface area contributed by atoms with Crippen LogP contribution in [0, 0.1) is 19.8 Å². The lowest BCUT2D eigenvalue weighted by molar-refractivity contribution is 0.0526. The molecule has 3 aromatic heterocycles. The van der Waals surface area contributed by atoms with Gasteiger partial charge >= 0.3 is 11.7 Å². The molecule has 0 N–H and O–H groups in total. The van der Waals surface area contributed by atoms with Gasteiger partial charge in [-0.15, -0.1) is 0 Å². The lowest BCUT2D eigenvalue weighted by Crippen LogP contribution is -2.40. The molecule has 1 aromatic carbocycles. The van der Waals surface area contributed by atoms with Crippen molar-refractivity contribution in [2.45, 2.75) is 41.2 Å². The Hall–Kier alpha value is -3.62. The van der Waals surface area contributed by atoms with Crippen molar-refractivity contribution in [3.8, 4) is 5.69 Å². The summed E-state index contributed by atoms with van der Waals surface area (Å²) in [5.74, 6) is 0.303. The molecule has 0 unspecified atom stereocenters. The molecule has 0 aliphatic heterocycles. The minimum Gasteiger partial charge on any atom is -0.462 e. The summed E-state index contributed by atoms with van der Waals surface area (Å²) in [6, 6.07) is 7.03. The number of imidazole rings is 2. The molecule has 0 fully saturated rings. The summed E-state index contributed by atoms with van der Waals surface area (Å²) < 4.78 is 11.5. The Bertz CT molecular complexity index is 1470. The van der Waals surface area contributed by atoms with Crippen molar-refractivity contribution in [2.24, 2.45) is 13.0 Å². The fraction of sp³-hybridized carbons (Fsp3) is 0.391. The third kappa shape index (κ3) is 3.16. The Morgan fingerprint density at radius 2 is 1.75 bits per heavy atom. The Kier molecular flexibility index (Phi) is 5.28. The van der Waals surface area contributed by atoms with E-state index in [1.54, 1.807) is 26.1 Å². The van der Waals surface area contributed by atoms with E-state index < -0.39 is 0 Å². The number of hydrogen-bond donors (Lipinski definition) is 0. The van der Waals surface area contributed by atoms with Crippen molar-refractivity contribution in [1.82, 2.24) is 23.1 Å². The number of aryl methyl sites for hydroxylation is 2. The van der Waals surface area contributed by atoms with Crippen LogP contribution in [0.15, 0.2) is 33.9 Å². The van der Waals surface area contributed by atoms with Crippen LogP contribution >= 0.6 is 0 Å². The number of carbonyl (C=O) groups excluding carboxylic acids is 1. The first kappa shape index (κ1) is 21.6. The normalized spacial score (nSPS) is 11.7. The third-order valence-corrected chi connectivity index (χ3v) is 5.70. The predicted molar refractivity (Wildman–Crippen MR) is 122 cm³/mol. The number of carbonyl (C=O) groups is 1. The second-order valence-corrected chi connectivity index (χ2v) is 8.34. The average molecular weight is 438 g/mol. The van der Waals surface area contributed by atoms with Gasteiger partial charge in [0.2, 0.25) is 5.78 Å². The smallest absolute Gasteiger partial charge is 0.338 e. The van der Waals surface area contributed by atoms with Gasteiger partial charge in [-0.2, -0.15) is 4.98 Å². The van der Waals surface area contributed by atoms with Crippen molar-refractivity contribution in [3.05, 3.63) is 62.1 Å². The zero-order valence-electron chi connectivity index (χ0n) is 19.2. The van der Waals surface area contributed by atoms with Crippen LogP contribution in [0.2, 0.25) is 0 Å². The number of esters is 1. The second kappa shape index (κ2) is 7.81. The van der Waals surface area contributed by atoms with Crippen molar-refractivity contribution in [2.75, 3.05) is 6.61 Å². The fourth-order valence-corrected chi connectivity index (χ4v) is 4.05. The van der Waals surface area contributed by atoms with E-state index in [4.69, 9.17) is 4.74 Å². The number of nitrogens with zero attached hydrogens (tertiary/aromatic N) is 5. The lowest BCUT2D eigenvalue weighted by Gasteiger charge is -2.10. The van der Waals surface area contributed by atoms with E-state index in [2.05, 4.69) is 4.98 Å². The molecule has 0 saturated carbocycles. The first-order chi connectivity index (χ1) is 15.2. The van der Waals surface area contributed by atoms with Crippen LogP contribution in [0.1, 0.15) is 42.5 Å². The van der Waals surface area contributed by atoms with E-state index >= 15 is 0 Å². The molecule has 0 aliphatic carbocycles. The minimum absolute atomic E-state index is 0.145. The van der Waals surface area contributed by atoms with Gasteiger partial charge in [0, 0.05) is 30.7 Å². The zero-order chi connectivity index (χ0) is 23.3. The van der Waals surface area contributed by atoms with Gasteiger partial charge in [0.05, 0.1) is 12.2 Å². The molecule has 0 amide bonds. The Labute approximate surface area is 184 Å². The van der Waals surface area contributed by atoms with Gasteiger partial charge in [0.15, 0.2) is 11.2 Å². The Morgan fingerprint density at radius 1 is 1.09 bits per heavy atom. The van der Waals surface area contributed by atoms with Crippen LogP contribution in [-0.2, 0) is 18.3 Å². The van der Waals surface area contributed by atoms with Gasteiger partial charge in [-0.25, -0.2) is 9.59 Å². The fourth-order valence-electron chi connectivity index (χ4n) is 4.05. The van der Waals surface area contributed by atoms with Gasteiger partial charge in [0.25, 0.3) is 5.56 Å².